The van der Waals surface area contributed by atoms with Crippen LogP contribution in [0.4, 0.5) is 0 Å². The van der Waals surface area contributed by atoms with Gasteiger partial charge in [0, 0.05) is 51.4 Å². The first-order valence-corrected chi connectivity index (χ1v) is 9.79. The van der Waals surface area contributed by atoms with E-state index in [9.17, 15) is 4.79 Å². The molecular formula is C20H29N3O3. The molecule has 2 bridgehead atoms. The van der Waals surface area contributed by atoms with Crippen molar-refractivity contribution < 1.29 is 14.3 Å². The molecule has 1 saturated carbocycles. The monoisotopic (exact) mass is 359 g/mol. The summed E-state index contributed by atoms with van der Waals surface area (Å²) in [5.41, 5.74) is 6.48. The first kappa shape index (κ1) is 17.9. The number of likely N-dealkylation sites (tertiary alicyclic amines) is 1. The molecule has 2 unspecified atom stereocenters. The molecule has 3 fully saturated rings. The fourth-order valence-electron chi connectivity index (χ4n) is 5.48. The van der Waals surface area contributed by atoms with Crippen molar-refractivity contribution in [1.82, 2.24) is 9.88 Å². The summed E-state index contributed by atoms with van der Waals surface area (Å²) in [6.45, 7) is 3.95. The fraction of sp³-hybridized carbons (Fsp3) is 0.700. The molecule has 142 valence electrons. The fourth-order valence-corrected chi connectivity index (χ4v) is 5.48. The summed E-state index contributed by atoms with van der Waals surface area (Å²) in [6.07, 6.45) is 7.94. The highest BCUT2D eigenvalue weighted by atomic mass is 16.5. The summed E-state index contributed by atoms with van der Waals surface area (Å²) in [5.74, 6) is 0.327. The second-order valence-corrected chi connectivity index (χ2v) is 7.97. The van der Waals surface area contributed by atoms with Crippen LogP contribution in [0.3, 0.4) is 0 Å². The highest BCUT2D eigenvalue weighted by Crippen LogP contribution is 2.51. The minimum absolute atomic E-state index is 0.318. The third-order valence-corrected chi connectivity index (χ3v) is 6.56. The van der Waals surface area contributed by atoms with Crippen molar-refractivity contribution >= 4 is 5.91 Å². The second-order valence-electron chi connectivity index (χ2n) is 7.97. The van der Waals surface area contributed by atoms with Crippen molar-refractivity contribution in [2.45, 2.75) is 43.8 Å². The van der Waals surface area contributed by atoms with Crippen LogP contribution >= 0.6 is 0 Å². The number of fused-ring (bicyclic) bond motifs is 2. The van der Waals surface area contributed by atoms with E-state index < -0.39 is 5.91 Å². The van der Waals surface area contributed by atoms with Crippen LogP contribution < -0.4 is 5.73 Å². The van der Waals surface area contributed by atoms with Gasteiger partial charge >= 0.3 is 0 Å². The molecule has 3 atom stereocenters. The highest BCUT2D eigenvalue weighted by Gasteiger charge is 2.53. The lowest BCUT2D eigenvalue weighted by Gasteiger charge is -2.55. The van der Waals surface area contributed by atoms with Gasteiger partial charge in [-0.1, -0.05) is 6.42 Å². The van der Waals surface area contributed by atoms with Gasteiger partial charge < -0.3 is 15.2 Å². The van der Waals surface area contributed by atoms with Crippen molar-refractivity contribution in [2.24, 2.45) is 17.6 Å². The summed E-state index contributed by atoms with van der Waals surface area (Å²) >= 11 is 0. The van der Waals surface area contributed by atoms with Crippen LogP contribution in [0.15, 0.2) is 18.3 Å². The Morgan fingerprint density at radius 2 is 2.12 bits per heavy atom. The van der Waals surface area contributed by atoms with E-state index in [1.54, 1.807) is 6.20 Å². The van der Waals surface area contributed by atoms with Gasteiger partial charge in [0.25, 0.3) is 5.91 Å². The number of piperidine rings is 1. The van der Waals surface area contributed by atoms with Gasteiger partial charge in [-0.15, -0.1) is 0 Å². The maximum atomic E-state index is 11.6. The predicted octanol–water partition coefficient (Wildman–Crippen LogP) is 1.93. The normalized spacial score (nSPS) is 34.7. The lowest BCUT2D eigenvalue weighted by atomic mass is 9.62. The topological polar surface area (TPSA) is 77.7 Å². The van der Waals surface area contributed by atoms with Crippen LogP contribution in [0.5, 0.6) is 0 Å². The lowest BCUT2D eigenvalue weighted by molar-refractivity contribution is -0.171. The van der Waals surface area contributed by atoms with Crippen molar-refractivity contribution in [3.05, 3.63) is 29.6 Å². The van der Waals surface area contributed by atoms with Crippen LogP contribution in [-0.2, 0) is 15.1 Å². The van der Waals surface area contributed by atoms with Gasteiger partial charge in [0.15, 0.2) is 0 Å². The third kappa shape index (κ3) is 3.04. The standard InChI is InChI=1S/C20H29N3O3/c1-25-20(14-7-8-22-18(10-14)19(21)24)15-4-2-5-16(20)12-23(11-15)13-17-6-3-9-26-17/h7-8,10,15-17H,2-6,9,11-13H2,1H3,(H2,21,24)/t15?,16?,17-,20?/m1/s1. The van der Waals surface area contributed by atoms with Gasteiger partial charge in [0.05, 0.1) is 6.10 Å². The number of primary amides is 1. The van der Waals surface area contributed by atoms with Crippen LogP contribution in [0.2, 0.25) is 0 Å². The summed E-state index contributed by atoms with van der Waals surface area (Å²) in [4.78, 5) is 18.3. The average molecular weight is 359 g/mol. The van der Waals surface area contributed by atoms with E-state index in [2.05, 4.69) is 9.88 Å². The van der Waals surface area contributed by atoms with Gasteiger partial charge in [0.1, 0.15) is 11.3 Å². The minimum atomic E-state index is -0.487. The Hall–Kier alpha value is -1.50. The van der Waals surface area contributed by atoms with E-state index >= 15 is 0 Å². The zero-order valence-electron chi connectivity index (χ0n) is 15.5. The Labute approximate surface area is 155 Å². The number of amides is 1. The molecular weight excluding hydrogens is 330 g/mol. The molecule has 2 N–H and O–H groups in total. The van der Waals surface area contributed by atoms with Crippen molar-refractivity contribution in [3.8, 4) is 0 Å². The zero-order chi connectivity index (χ0) is 18.1. The number of aromatic nitrogens is 1. The third-order valence-electron chi connectivity index (χ3n) is 6.56. The largest absolute Gasteiger partial charge is 0.377 e. The van der Waals surface area contributed by atoms with E-state index in [4.69, 9.17) is 15.2 Å². The average Bonchev–Trinajstić information content (AvgIpc) is 3.14. The van der Waals surface area contributed by atoms with Crippen molar-refractivity contribution in [1.29, 1.82) is 0 Å². The predicted molar refractivity (Wildman–Crippen MR) is 97.7 cm³/mol. The van der Waals surface area contributed by atoms with E-state index in [-0.39, 0.29) is 5.60 Å². The summed E-state index contributed by atoms with van der Waals surface area (Å²) in [6, 6.07) is 3.84. The molecule has 4 rings (SSSR count). The van der Waals surface area contributed by atoms with Gasteiger partial charge in [0.2, 0.25) is 0 Å². The van der Waals surface area contributed by atoms with Crippen molar-refractivity contribution in [2.75, 3.05) is 33.4 Å². The highest BCUT2D eigenvalue weighted by molar-refractivity contribution is 5.90. The van der Waals surface area contributed by atoms with Crippen molar-refractivity contribution in [3.63, 3.8) is 0 Å². The Kier molecular flexibility index (Phi) is 4.99. The molecule has 1 aromatic rings. The molecule has 0 spiro atoms. The molecule has 0 aromatic carbocycles. The molecule has 1 aliphatic carbocycles. The first-order valence-electron chi connectivity index (χ1n) is 9.79. The number of nitrogens with two attached hydrogens (primary N) is 1. The van der Waals surface area contributed by atoms with E-state index in [1.165, 1.54) is 19.3 Å². The molecule has 3 heterocycles. The maximum absolute atomic E-state index is 11.6. The Balaban J connectivity index is 1.61. The molecule has 1 aromatic heterocycles. The number of nitrogens with zero attached hydrogens (tertiary/aromatic N) is 2. The van der Waals surface area contributed by atoms with Crippen LogP contribution in [0.25, 0.3) is 0 Å². The lowest BCUT2D eigenvalue weighted by Crippen LogP contribution is -2.59. The molecule has 0 radical (unpaired) electrons. The summed E-state index contributed by atoms with van der Waals surface area (Å²) < 4.78 is 12.1. The minimum Gasteiger partial charge on any atom is -0.377 e. The molecule has 1 amide bonds. The number of methoxy groups -OCH3 is 1. The Morgan fingerprint density at radius 3 is 2.73 bits per heavy atom. The van der Waals surface area contributed by atoms with Crippen LogP contribution in [0, 0.1) is 11.8 Å². The van der Waals surface area contributed by atoms with E-state index in [0.29, 0.717) is 23.6 Å². The maximum Gasteiger partial charge on any atom is 0.267 e. The van der Waals surface area contributed by atoms with Crippen LogP contribution in [0.1, 0.15) is 48.2 Å². The summed E-state index contributed by atoms with van der Waals surface area (Å²) in [7, 11) is 1.81. The number of ether oxygens (including phenoxy) is 2. The quantitative estimate of drug-likeness (QED) is 0.869. The SMILES string of the molecule is COC1(c2ccnc(C(N)=O)c2)C2CCCC1CN(C[C@H]1CCCO1)C2. The zero-order valence-corrected chi connectivity index (χ0v) is 15.5. The Morgan fingerprint density at radius 1 is 1.35 bits per heavy atom. The molecule has 26 heavy (non-hydrogen) atoms. The molecule has 3 aliphatic rings. The first-order chi connectivity index (χ1) is 12.6. The second kappa shape index (κ2) is 7.25. The molecule has 2 saturated heterocycles. The molecule has 6 heteroatoms. The smallest absolute Gasteiger partial charge is 0.267 e. The van der Waals surface area contributed by atoms with E-state index in [0.717, 1.165) is 44.6 Å². The number of hydrogen-bond donors (Lipinski definition) is 1. The molecule has 2 aliphatic heterocycles. The Bertz CT molecular complexity index is 645. The number of carbonyl (C=O) groups is 1. The summed E-state index contributed by atoms with van der Waals surface area (Å²) in [5, 5.41) is 0. The number of rotatable bonds is 5. The van der Waals surface area contributed by atoms with Gasteiger partial charge in [-0.3, -0.25) is 14.7 Å². The number of carbonyl (C=O) groups excluding carboxylic acids is 1. The van der Waals surface area contributed by atoms with Gasteiger partial charge in [-0.05, 0) is 43.4 Å². The number of pyridine rings is 1. The van der Waals surface area contributed by atoms with E-state index in [1.807, 2.05) is 19.2 Å². The molecule has 6 nitrogen and oxygen atoms in total. The van der Waals surface area contributed by atoms with Gasteiger partial charge in [-0.25, -0.2) is 0 Å². The van der Waals surface area contributed by atoms with Crippen LogP contribution in [-0.4, -0.2) is 55.2 Å². The van der Waals surface area contributed by atoms with Gasteiger partial charge in [-0.2, -0.15) is 0 Å². The number of hydrogen-bond acceptors (Lipinski definition) is 5.